The van der Waals surface area contributed by atoms with Crippen LogP contribution in [-0.4, -0.2) is 5.11 Å². The van der Waals surface area contributed by atoms with Crippen LogP contribution in [0.1, 0.15) is 0 Å². The first-order chi connectivity index (χ1) is 5.46. The zero-order chi connectivity index (χ0) is 9.46. The van der Waals surface area contributed by atoms with Crippen molar-refractivity contribution in [1.29, 1.82) is 0 Å². The van der Waals surface area contributed by atoms with E-state index in [0.717, 1.165) is 0 Å². The lowest BCUT2D eigenvalue weighted by Gasteiger charge is -2.03. The Balaban J connectivity index is 3.60. The van der Waals surface area contributed by atoms with Crippen molar-refractivity contribution in [3.63, 3.8) is 0 Å². The van der Waals surface area contributed by atoms with Crippen LogP contribution in [-0.2, 0) is 0 Å². The smallest absolute Gasteiger partial charge is 0.197 e. The Morgan fingerprint density at radius 2 is 1.17 bits per heavy atom. The van der Waals surface area contributed by atoms with Crippen molar-refractivity contribution in [2.75, 3.05) is 0 Å². The molecule has 12 heavy (non-hydrogen) atoms. The SMILES string of the molecule is Oc1c(Cl)c(F)c(F)c(F)c1Cl. The zero-order valence-corrected chi connectivity index (χ0v) is 6.85. The second kappa shape index (κ2) is 3.03. The van der Waals surface area contributed by atoms with E-state index in [2.05, 4.69) is 0 Å². The third-order valence-corrected chi connectivity index (χ3v) is 1.88. The molecular weight excluding hydrogens is 216 g/mol. The average Bonchev–Trinajstić information content (AvgIpc) is 2.08. The summed E-state index contributed by atoms with van der Waals surface area (Å²) in [5.41, 5.74) is 0. The number of phenols is 1. The molecule has 6 heteroatoms. The Morgan fingerprint density at radius 3 is 1.50 bits per heavy atom. The minimum absolute atomic E-state index is 0.932. The van der Waals surface area contributed by atoms with Gasteiger partial charge in [0, 0.05) is 0 Å². The normalized spacial score (nSPS) is 10.4. The molecule has 0 heterocycles. The van der Waals surface area contributed by atoms with E-state index in [1.807, 2.05) is 0 Å². The third-order valence-electron chi connectivity index (χ3n) is 1.19. The molecule has 0 amide bonds. The molecular formula is C6HCl2F3O. The predicted octanol–water partition coefficient (Wildman–Crippen LogP) is 3.12. The molecule has 1 N–H and O–H groups in total. The number of halogens is 5. The van der Waals surface area contributed by atoms with E-state index >= 15 is 0 Å². The second-order valence-corrected chi connectivity index (χ2v) is 2.67. The number of aromatic hydroxyl groups is 1. The fraction of sp³-hybridized carbons (Fsp3) is 0. The van der Waals surface area contributed by atoms with Crippen LogP contribution < -0.4 is 0 Å². The van der Waals surface area contributed by atoms with Crippen LogP contribution in [0.15, 0.2) is 0 Å². The van der Waals surface area contributed by atoms with Crippen LogP contribution in [0.3, 0.4) is 0 Å². The molecule has 1 aromatic rings. The minimum Gasteiger partial charge on any atom is -0.505 e. The second-order valence-electron chi connectivity index (χ2n) is 1.92. The lowest BCUT2D eigenvalue weighted by molar-refractivity contribution is 0.420. The van der Waals surface area contributed by atoms with E-state index in [1.165, 1.54) is 0 Å². The monoisotopic (exact) mass is 216 g/mol. The average molecular weight is 217 g/mol. The molecule has 66 valence electrons. The lowest BCUT2D eigenvalue weighted by Crippen LogP contribution is -1.93. The van der Waals surface area contributed by atoms with Crippen LogP contribution in [0.5, 0.6) is 5.75 Å². The van der Waals surface area contributed by atoms with Gasteiger partial charge in [0.25, 0.3) is 0 Å². The van der Waals surface area contributed by atoms with Gasteiger partial charge in [0.05, 0.1) is 0 Å². The first-order valence-corrected chi connectivity index (χ1v) is 3.42. The summed E-state index contributed by atoms with van der Waals surface area (Å²) in [6, 6.07) is 0. The summed E-state index contributed by atoms with van der Waals surface area (Å²) in [6.07, 6.45) is 0. The quantitative estimate of drug-likeness (QED) is 0.522. The maximum absolute atomic E-state index is 12.5. The van der Waals surface area contributed by atoms with Crippen molar-refractivity contribution >= 4 is 23.2 Å². The maximum Gasteiger partial charge on any atom is 0.197 e. The van der Waals surface area contributed by atoms with Gasteiger partial charge in [0.2, 0.25) is 0 Å². The van der Waals surface area contributed by atoms with Gasteiger partial charge in [-0.3, -0.25) is 0 Å². The van der Waals surface area contributed by atoms with Gasteiger partial charge in [-0.15, -0.1) is 0 Å². The van der Waals surface area contributed by atoms with Gasteiger partial charge in [-0.25, -0.2) is 13.2 Å². The molecule has 1 nitrogen and oxygen atoms in total. The molecule has 0 bridgehead atoms. The highest BCUT2D eigenvalue weighted by Gasteiger charge is 2.22. The molecule has 0 radical (unpaired) electrons. The summed E-state index contributed by atoms with van der Waals surface area (Å²) in [5.74, 6) is -6.12. The molecule has 1 rings (SSSR count). The van der Waals surface area contributed by atoms with E-state index in [1.54, 1.807) is 0 Å². The van der Waals surface area contributed by atoms with E-state index in [4.69, 9.17) is 28.3 Å². The van der Waals surface area contributed by atoms with Gasteiger partial charge >= 0.3 is 0 Å². The van der Waals surface area contributed by atoms with Gasteiger partial charge in [0.1, 0.15) is 10.0 Å². The highest BCUT2D eigenvalue weighted by Crippen LogP contribution is 2.37. The maximum atomic E-state index is 12.5. The first kappa shape index (κ1) is 9.48. The van der Waals surface area contributed by atoms with E-state index in [0.29, 0.717) is 0 Å². The molecule has 0 aliphatic carbocycles. The van der Waals surface area contributed by atoms with Crippen LogP contribution >= 0.6 is 23.2 Å². The molecule has 0 aliphatic rings. The van der Waals surface area contributed by atoms with Crippen LogP contribution in [0.2, 0.25) is 10.0 Å². The fourth-order valence-electron chi connectivity index (χ4n) is 0.593. The topological polar surface area (TPSA) is 20.2 Å². The van der Waals surface area contributed by atoms with E-state index in [9.17, 15) is 13.2 Å². The molecule has 0 unspecified atom stereocenters. The number of hydrogen-bond donors (Lipinski definition) is 1. The molecule has 0 spiro atoms. The molecule has 0 aliphatic heterocycles. The fourth-order valence-corrected chi connectivity index (χ4v) is 0.997. The number of benzene rings is 1. The van der Waals surface area contributed by atoms with E-state index < -0.39 is 33.2 Å². The van der Waals surface area contributed by atoms with Crippen LogP contribution in [0, 0.1) is 17.5 Å². The number of phenolic OH excluding ortho intramolecular Hbond substituents is 1. The van der Waals surface area contributed by atoms with Gasteiger partial charge in [-0.1, -0.05) is 23.2 Å². The van der Waals surface area contributed by atoms with Gasteiger partial charge in [-0.05, 0) is 0 Å². The largest absolute Gasteiger partial charge is 0.505 e. The first-order valence-electron chi connectivity index (χ1n) is 2.67. The zero-order valence-electron chi connectivity index (χ0n) is 5.34. The Bertz CT molecular complexity index is 235. The Morgan fingerprint density at radius 1 is 0.833 bits per heavy atom. The molecule has 0 saturated heterocycles. The number of rotatable bonds is 0. The number of hydrogen-bond acceptors (Lipinski definition) is 1. The summed E-state index contributed by atoms with van der Waals surface area (Å²) in [5, 5.41) is 6.92. The molecule has 0 aromatic heterocycles. The summed E-state index contributed by atoms with van der Waals surface area (Å²) < 4.78 is 37.3. The summed E-state index contributed by atoms with van der Waals surface area (Å²) in [6.45, 7) is 0. The van der Waals surface area contributed by atoms with Crippen molar-refractivity contribution in [2.24, 2.45) is 0 Å². The Hall–Kier alpha value is -0.610. The van der Waals surface area contributed by atoms with Gasteiger partial charge in [-0.2, -0.15) is 0 Å². The Kier molecular flexibility index (Phi) is 2.39. The minimum atomic E-state index is -1.80. The van der Waals surface area contributed by atoms with Gasteiger partial charge < -0.3 is 5.11 Å². The van der Waals surface area contributed by atoms with Crippen LogP contribution in [0.25, 0.3) is 0 Å². The molecule has 1 aromatic carbocycles. The van der Waals surface area contributed by atoms with Crippen molar-refractivity contribution in [3.05, 3.63) is 27.5 Å². The highest BCUT2D eigenvalue weighted by molar-refractivity contribution is 6.37. The molecule has 0 atom stereocenters. The molecule has 0 saturated carbocycles. The Labute approximate surface area is 75.3 Å². The van der Waals surface area contributed by atoms with E-state index in [-0.39, 0.29) is 0 Å². The van der Waals surface area contributed by atoms with Crippen molar-refractivity contribution in [3.8, 4) is 5.75 Å². The van der Waals surface area contributed by atoms with Crippen LogP contribution in [0.4, 0.5) is 13.2 Å². The standard InChI is InChI=1S/C6HCl2F3O/c7-1-3(9)5(11)4(10)2(8)6(1)12/h12H. The van der Waals surface area contributed by atoms with Crippen molar-refractivity contribution in [2.45, 2.75) is 0 Å². The van der Waals surface area contributed by atoms with Gasteiger partial charge in [0.15, 0.2) is 23.2 Å². The van der Waals surface area contributed by atoms with Crippen molar-refractivity contribution in [1.82, 2.24) is 0 Å². The summed E-state index contributed by atoms with van der Waals surface area (Å²) in [7, 11) is 0. The third kappa shape index (κ3) is 1.21. The lowest BCUT2D eigenvalue weighted by atomic mass is 10.3. The summed E-state index contributed by atoms with van der Waals surface area (Å²) in [4.78, 5) is 0. The highest BCUT2D eigenvalue weighted by atomic mass is 35.5. The summed E-state index contributed by atoms with van der Waals surface area (Å²) >= 11 is 10.1. The van der Waals surface area contributed by atoms with Crippen molar-refractivity contribution < 1.29 is 18.3 Å². The predicted molar refractivity (Wildman–Crippen MR) is 38.0 cm³/mol. The molecule has 0 fully saturated rings.